The number of nitrogens with zero attached hydrogens (tertiary/aromatic N) is 1. The first kappa shape index (κ1) is 13.7. The molecule has 0 aliphatic carbocycles. The van der Waals surface area contributed by atoms with Gasteiger partial charge in [-0.25, -0.2) is 4.79 Å². The van der Waals surface area contributed by atoms with Crippen LogP contribution in [-0.4, -0.2) is 68.1 Å². The average molecular weight is 246 g/mol. The highest BCUT2D eigenvalue weighted by molar-refractivity contribution is 5.75. The molecule has 0 bridgehead atoms. The van der Waals surface area contributed by atoms with Crippen molar-refractivity contribution in [1.82, 2.24) is 10.2 Å². The molecule has 0 saturated carbocycles. The Labute approximate surface area is 99.7 Å². The molecule has 1 fully saturated rings. The molecule has 1 amide bonds. The van der Waals surface area contributed by atoms with E-state index < -0.39 is 18.1 Å². The van der Waals surface area contributed by atoms with E-state index in [1.807, 2.05) is 0 Å². The zero-order chi connectivity index (χ0) is 12.8. The van der Waals surface area contributed by atoms with Gasteiger partial charge in [-0.3, -0.25) is 4.79 Å². The molecule has 0 spiro atoms. The first-order valence-electron chi connectivity index (χ1n) is 5.39. The second-order valence-electron chi connectivity index (χ2n) is 3.86. The van der Waals surface area contributed by atoms with Crippen molar-refractivity contribution < 1.29 is 24.2 Å². The highest BCUT2D eigenvalue weighted by Gasteiger charge is 2.32. The molecule has 1 aliphatic rings. The summed E-state index contributed by atoms with van der Waals surface area (Å²) in [6, 6.07) is -0.627. The van der Waals surface area contributed by atoms with Crippen molar-refractivity contribution in [3.8, 4) is 0 Å². The van der Waals surface area contributed by atoms with Gasteiger partial charge in [0.05, 0.1) is 13.7 Å². The van der Waals surface area contributed by atoms with Crippen molar-refractivity contribution in [3.63, 3.8) is 0 Å². The minimum absolute atomic E-state index is 0.0727. The molecule has 7 heteroatoms. The molecule has 1 saturated heterocycles. The Kier molecular flexibility index (Phi) is 5.17. The molecule has 2 unspecified atom stereocenters. The Hall–Kier alpha value is -1.34. The third kappa shape index (κ3) is 3.57. The lowest BCUT2D eigenvalue weighted by Gasteiger charge is -2.39. The number of likely N-dealkylation sites (tertiary alicyclic amines) is 1. The largest absolute Gasteiger partial charge is 0.468 e. The first-order chi connectivity index (χ1) is 8.10. The van der Waals surface area contributed by atoms with Crippen LogP contribution in [0, 0.1) is 0 Å². The molecule has 17 heavy (non-hydrogen) atoms. The summed E-state index contributed by atoms with van der Waals surface area (Å²) >= 11 is 0. The lowest BCUT2D eigenvalue weighted by Crippen LogP contribution is -2.57. The van der Waals surface area contributed by atoms with Gasteiger partial charge in [0.1, 0.15) is 6.04 Å². The third-order valence-corrected chi connectivity index (χ3v) is 2.81. The van der Waals surface area contributed by atoms with Crippen LogP contribution in [0.15, 0.2) is 0 Å². The molecule has 1 heterocycles. The van der Waals surface area contributed by atoms with E-state index in [1.165, 1.54) is 19.1 Å². The predicted octanol–water partition coefficient (Wildman–Crippen LogP) is -0.484. The van der Waals surface area contributed by atoms with E-state index in [2.05, 4.69) is 10.1 Å². The van der Waals surface area contributed by atoms with Crippen LogP contribution in [0.4, 0.5) is 4.79 Å². The smallest absolute Gasteiger partial charge is 0.407 e. The second-order valence-corrected chi connectivity index (χ2v) is 3.86. The van der Waals surface area contributed by atoms with Gasteiger partial charge in [-0.1, -0.05) is 0 Å². The summed E-state index contributed by atoms with van der Waals surface area (Å²) in [6.07, 6.45) is -0.121. The van der Waals surface area contributed by atoms with Gasteiger partial charge < -0.3 is 24.8 Å². The summed E-state index contributed by atoms with van der Waals surface area (Å²) in [6.45, 7) is 1.18. The summed E-state index contributed by atoms with van der Waals surface area (Å²) < 4.78 is 9.50. The van der Waals surface area contributed by atoms with Crippen LogP contribution in [0.5, 0.6) is 0 Å². The van der Waals surface area contributed by atoms with E-state index in [0.717, 1.165) is 6.42 Å². The van der Waals surface area contributed by atoms with Gasteiger partial charge in [0.15, 0.2) is 0 Å². The number of carboxylic acid groups (broad SMARTS) is 1. The molecule has 0 aromatic heterocycles. The number of carbonyl (C=O) groups excluding carboxylic acids is 1. The predicted molar refractivity (Wildman–Crippen MR) is 58.8 cm³/mol. The molecule has 2 N–H and O–H groups in total. The van der Waals surface area contributed by atoms with E-state index in [9.17, 15) is 9.59 Å². The number of esters is 1. The van der Waals surface area contributed by atoms with Gasteiger partial charge in [0.2, 0.25) is 0 Å². The van der Waals surface area contributed by atoms with Crippen molar-refractivity contribution in [3.05, 3.63) is 0 Å². The van der Waals surface area contributed by atoms with Crippen LogP contribution >= 0.6 is 0 Å². The molecule has 0 radical (unpaired) electrons. The highest BCUT2D eigenvalue weighted by atomic mass is 16.5. The Bertz CT molecular complexity index is 284. The molecular weight excluding hydrogens is 228 g/mol. The number of amides is 1. The van der Waals surface area contributed by atoms with Crippen molar-refractivity contribution in [2.24, 2.45) is 0 Å². The molecule has 0 aromatic carbocycles. The van der Waals surface area contributed by atoms with Crippen LogP contribution < -0.4 is 5.32 Å². The van der Waals surface area contributed by atoms with Gasteiger partial charge in [-0.05, 0) is 6.42 Å². The number of nitrogens with one attached hydrogen (secondary N) is 1. The van der Waals surface area contributed by atoms with Crippen molar-refractivity contribution in [1.29, 1.82) is 0 Å². The topological polar surface area (TPSA) is 88.1 Å². The van der Waals surface area contributed by atoms with Crippen LogP contribution in [0.25, 0.3) is 0 Å². The van der Waals surface area contributed by atoms with Crippen molar-refractivity contribution in [2.75, 3.05) is 33.9 Å². The van der Waals surface area contributed by atoms with Crippen molar-refractivity contribution >= 4 is 12.1 Å². The summed E-state index contributed by atoms with van der Waals surface area (Å²) in [5.41, 5.74) is 0. The Morgan fingerprint density at radius 3 is 2.65 bits per heavy atom. The first-order valence-corrected chi connectivity index (χ1v) is 5.39. The Morgan fingerprint density at radius 2 is 2.24 bits per heavy atom. The van der Waals surface area contributed by atoms with E-state index in [-0.39, 0.29) is 12.6 Å². The number of hydrogen-bond acceptors (Lipinski definition) is 5. The van der Waals surface area contributed by atoms with Crippen LogP contribution in [0.1, 0.15) is 6.42 Å². The van der Waals surface area contributed by atoms with E-state index in [1.54, 1.807) is 0 Å². The van der Waals surface area contributed by atoms with Crippen molar-refractivity contribution in [2.45, 2.75) is 18.5 Å². The minimum Gasteiger partial charge on any atom is -0.468 e. The maximum absolute atomic E-state index is 11.3. The number of hydrogen-bond donors (Lipinski definition) is 2. The monoisotopic (exact) mass is 246 g/mol. The lowest BCUT2D eigenvalue weighted by atomic mass is 10.0. The molecule has 1 rings (SSSR count). The number of carbonyl (C=O) groups is 2. The summed E-state index contributed by atoms with van der Waals surface area (Å²) in [5, 5.41) is 11.8. The standard InChI is InChI=1S/C10H18N2O5/c1-16-6-8(9(13)17-2)11-5-7-3-4-12(7)10(14)15/h7-8,11H,3-6H2,1-2H3,(H,14,15). The van der Waals surface area contributed by atoms with Crippen LogP contribution in [0.3, 0.4) is 0 Å². The SMILES string of the molecule is COCC(NCC1CCN1C(=O)O)C(=O)OC. The van der Waals surface area contributed by atoms with Gasteiger partial charge in [-0.15, -0.1) is 0 Å². The van der Waals surface area contributed by atoms with Gasteiger partial charge in [0, 0.05) is 26.2 Å². The maximum atomic E-state index is 11.3. The third-order valence-electron chi connectivity index (χ3n) is 2.81. The quantitative estimate of drug-likeness (QED) is 0.615. The van der Waals surface area contributed by atoms with E-state index >= 15 is 0 Å². The molecule has 1 aliphatic heterocycles. The molecule has 7 nitrogen and oxygen atoms in total. The van der Waals surface area contributed by atoms with Gasteiger partial charge >= 0.3 is 12.1 Å². The summed E-state index contributed by atoms with van der Waals surface area (Å²) in [5.74, 6) is -0.409. The van der Waals surface area contributed by atoms with Crippen LogP contribution in [-0.2, 0) is 14.3 Å². The molecular formula is C10H18N2O5. The Morgan fingerprint density at radius 1 is 1.53 bits per heavy atom. The molecule has 2 atom stereocenters. The normalized spacial score (nSPS) is 20.6. The lowest BCUT2D eigenvalue weighted by molar-refractivity contribution is -0.144. The van der Waals surface area contributed by atoms with Crippen LogP contribution in [0.2, 0.25) is 0 Å². The minimum atomic E-state index is -0.926. The fourth-order valence-electron chi connectivity index (χ4n) is 1.70. The van der Waals surface area contributed by atoms with Gasteiger partial charge in [-0.2, -0.15) is 0 Å². The van der Waals surface area contributed by atoms with E-state index in [4.69, 9.17) is 9.84 Å². The molecule has 98 valence electrons. The fourth-order valence-corrected chi connectivity index (χ4v) is 1.70. The average Bonchev–Trinajstić information content (AvgIpc) is 2.24. The fraction of sp³-hybridized carbons (Fsp3) is 0.800. The van der Waals surface area contributed by atoms with E-state index in [0.29, 0.717) is 13.1 Å². The second kappa shape index (κ2) is 6.41. The molecule has 0 aromatic rings. The number of rotatable bonds is 6. The number of ether oxygens (including phenoxy) is 2. The summed E-state index contributed by atoms with van der Waals surface area (Å²) in [4.78, 5) is 23.4. The summed E-state index contributed by atoms with van der Waals surface area (Å²) in [7, 11) is 2.80. The number of methoxy groups -OCH3 is 2. The highest BCUT2D eigenvalue weighted by Crippen LogP contribution is 2.16. The Balaban J connectivity index is 2.36. The zero-order valence-electron chi connectivity index (χ0n) is 10.0. The zero-order valence-corrected chi connectivity index (χ0v) is 10.0. The van der Waals surface area contributed by atoms with Gasteiger partial charge in [0.25, 0.3) is 0 Å². The maximum Gasteiger partial charge on any atom is 0.407 e.